The number of nitrogens with zero attached hydrogens (tertiary/aromatic N) is 1. The molecule has 5 heteroatoms. The maximum atomic E-state index is 13.1. The highest BCUT2D eigenvalue weighted by Gasteiger charge is 1.90. The second kappa shape index (κ2) is 5.87. The van der Waals surface area contributed by atoms with Gasteiger partial charge in [0.15, 0.2) is 5.11 Å². The number of nitrogens with two attached hydrogens (primary N) is 1. The molecule has 0 unspecified atom stereocenters. The van der Waals surface area contributed by atoms with Gasteiger partial charge in [0.1, 0.15) is 5.83 Å². The van der Waals surface area contributed by atoms with Crippen LogP contribution >= 0.6 is 12.2 Å². The molecule has 0 fully saturated rings. The molecule has 0 atom stereocenters. The van der Waals surface area contributed by atoms with Crippen LogP contribution in [0.1, 0.15) is 5.56 Å². The summed E-state index contributed by atoms with van der Waals surface area (Å²) in [6.45, 7) is 0. The number of halogens is 1. The molecule has 1 aromatic carbocycles. The first kappa shape index (κ1) is 11.3. The number of allylic oxidation sites excluding steroid dienone is 1. The first-order chi connectivity index (χ1) is 7.18. The molecule has 0 aliphatic heterocycles. The Bertz CT molecular complexity index is 387. The van der Waals surface area contributed by atoms with Gasteiger partial charge in [-0.05, 0) is 23.9 Å². The Morgan fingerprint density at radius 1 is 1.40 bits per heavy atom. The van der Waals surface area contributed by atoms with Crippen LogP contribution in [0.5, 0.6) is 0 Å². The maximum absolute atomic E-state index is 13.1. The van der Waals surface area contributed by atoms with Crippen molar-refractivity contribution < 1.29 is 4.39 Å². The van der Waals surface area contributed by atoms with Gasteiger partial charge < -0.3 is 5.73 Å². The monoisotopic (exact) mass is 223 g/mol. The molecule has 0 aliphatic carbocycles. The van der Waals surface area contributed by atoms with Crippen LogP contribution in [0.3, 0.4) is 0 Å². The quantitative estimate of drug-likeness (QED) is 0.467. The van der Waals surface area contributed by atoms with Gasteiger partial charge in [0, 0.05) is 0 Å². The molecular weight excluding hydrogens is 213 g/mol. The highest BCUT2D eigenvalue weighted by molar-refractivity contribution is 7.80. The molecule has 0 bridgehead atoms. The summed E-state index contributed by atoms with van der Waals surface area (Å²) in [5.41, 5.74) is 8.12. The van der Waals surface area contributed by atoms with E-state index in [4.69, 9.17) is 5.73 Å². The van der Waals surface area contributed by atoms with Crippen molar-refractivity contribution in [3.63, 3.8) is 0 Å². The average Bonchev–Trinajstić information content (AvgIpc) is 2.18. The largest absolute Gasteiger partial charge is 0.375 e. The van der Waals surface area contributed by atoms with Crippen LogP contribution < -0.4 is 11.2 Å². The third kappa shape index (κ3) is 4.87. The Morgan fingerprint density at radius 3 is 2.67 bits per heavy atom. The van der Waals surface area contributed by atoms with Crippen molar-refractivity contribution in [3.8, 4) is 0 Å². The van der Waals surface area contributed by atoms with Gasteiger partial charge in [0.05, 0.1) is 6.21 Å². The summed E-state index contributed by atoms with van der Waals surface area (Å²) in [5, 5.41) is 3.48. The lowest BCUT2D eigenvalue weighted by atomic mass is 10.2. The van der Waals surface area contributed by atoms with E-state index in [0.29, 0.717) is 0 Å². The van der Waals surface area contributed by atoms with Crippen molar-refractivity contribution in [2.24, 2.45) is 10.8 Å². The fourth-order valence-corrected chi connectivity index (χ4v) is 0.956. The minimum atomic E-state index is -0.482. The minimum absolute atomic E-state index is 0.00115. The third-order valence-electron chi connectivity index (χ3n) is 1.47. The minimum Gasteiger partial charge on any atom is -0.375 e. The normalized spacial score (nSPS) is 11.7. The summed E-state index contributed by atoms with van der Waals surface area (Å²) in [4.78, 5) is 0. The van der Waals surface area contributed by atoms with Gasteiger partial charge >= 0.3 is 0 Å². The molecule has 3 nitrogen and oxygen atoms in total. The summed E-state index contributed by atoms with van der Waals surface area (Å²) >= 11 is 4.49. The van der Waals surface area contributed by atoms with Crippen molar-refractivity contribution in [3.05, 3.63) is 41.7 Å². The second-order valence-electron chi connectivity index (χ2n) is 2.67. The smallest absolute Gasteiger partial charge is 0.184 e. The summed E-state index contributed by atoms with van der Waals surface area (Å²) < 4.78 is 13.1. The van der Waals surface area contributed by atoms with Crippen LogP contribution in [-0.2, 0) is 0 Å². The summed E-state index contributed by atoms with van der Waals surface area (Å²) in [5.74, 6) is -0.482. The zero-order valence-electron chi connectivity index (χ0n) is 7.85. The highest BCUT2D eigenvalue weighted by Crippen LogP contribution is 2.05. The number of rotatable bonds is 3. The zero-order valence-corrected chi connectivity index (χ0v) is 8.67. The number of hydrazone groups is 1. The van der Waals surface area contributed by atoms with E-state index in [1.165, 1.54) is 6.08 Å². The third-order valence-corrected chi connectivity index (χ3v) is 1.56. The SMILES string of the molecule is NC(=S)NN=CC(F)=Cc1ccccc1. The molecule has 0 amide bonds. The van der Waals surface area contributed by atoms with Crippen LogP contribution in [0.15, 0.2) is 41.3 Å². The number of nitrogens with one attached hydrogen (secondary N) is 1. The Balaban J connectivity index is 2.61. The van der Waals surface area contributed by atoms with Crippen LogP contribution in [0.4, 0.5) is 4.39 Å². The summed E-state index contributed by atoms with van der Waals surface area (Å²) in [6.07, 6.45) is 2.36. The first-order valence-electron chi connectivity index (χ1n) is 4.19. The average molecular weight is 223 g/mol. The lowest BCUT2D eigenvalue weighted by molar-refractivity contribution is 0.691. The summed E-state index contributed by atoms with van der Waals surface area (Å²) in [6, 6.07) is 9.08. The predicted molar refractivity (Wildman–Crippen MR) is 63.9 cm³/mol. The van der Waals surface area contributed by atoms with E-state index in [9.17, 15) is 4.39 Å². The van der Waals surface area contributed by atoms with Gasteiger partial charge in [-0.15, -0.1) is 0 Å². The Morgan fingerprint density at radius 2 is 2.07 bits per heavy atom. The van der Waals surface area contributed by atoms with Crippen molar-refractivity contribution in [1.29, 1.82) is 0 Å². The Kier molecular flexibility index (Phi) is 4.43. The van der Waals surface area contributed by atoms with E-state index in [0.717, 1.165) is 11.8 Å². The Labute approximate surface area is 92.5 Å². The van der Waals surface area contributed by atoms with Gasteiger partial charge in [0.2, 0.25) is 0 Å². The van der Waals surface area contributed by atoms with Gasteiger partial charge in [-0.2, -0.15) is 5.10 Å². The van der Waals surface area contributed by atoms with Gasteiger partial charge in [0.25, 0.3) is 0 Å². The molecule has 0 aliphatic rings. The summed E-state index contributed by atoms with van der Waals surface area (Å²) in [7, 11) is 0. The first-order valence-corrected chi connectivity index (χ1v) is 4.60. The zero-order chi connectivity index (χ0) is 11.1. The van der Waals surface area contributed by atoms with Crippen molar-refractivity contribution in [2.75, 3.05) is 0 Å². The lowest BCUT2D eigenvalue weighted by Gasteiger charge is -1.93. The molecule has 0 spiro atoms. The standard InChI is InChI=1S/C10H10FN3S/c11-9(7-13-14-10(12)15)6-8-4-2-1-3-5-8/h1-7H,(H3,12,14,15). The molecule has 0 saturated carbocycles. The van der Waals surface area contributed by atoms with Crippen LogP contribution in [0.25, 0.3) is 6.08 Å². The number of hydrogen-bond acceptors (Lipinski definition) is 2. The van der Waals surface area contributed by atoms with Crippen molar-refractivity contribution >= 4 is 29.6 Å². The molecule has 0 heterocycles. The molecule has 3 N–H and O–H groups in total. The van der Waals surface area contributed by atoms with Crippen LogP contribution in [0.2, 0.25) is 0 Å². The Hall–Kier alpha value is -1.75. The maximum Gasteiger partial charge on any atom is 0.184 e. The number of hydrogen-bond donors (Lipinski definition) is 2. The lowest BCUT2D eigenvalue weighted by Crippen LogP contribution is -2.23. The molecule has 78 valence electrons. The molecule has 0 radical (unpaired) electrons. The van der Waals surface area contributed by atoms with Crippen molar-refractivity contribution in [2.45, 2.75) is 0 Å². The highest BCUT2D eigenvalue weighted by atomic mass is 32.1. The topological polar surface area (TPSA) is 50.4 Å². The van der Waals surface area contributed by atoms with E-state index >= 15 is 0 Å². The van der Waals surface area contributed by atoms with E-state index in [1.807, 2.05) is 18.2 Å². The van der Waals surface area contributed by atoms with Crippen molar-refractivity contribution in [1.82, 2.24) is 5.43 Å². The fourth-order valence-electron chi connectivity index (χ4n) is 0.903. The van der Waals surface area contributed by atoms with Crippen LogP contribution in [0, 0.1) is 0 Å². The number of thiocarbonyl (C=S) groups is 1. The molecular formula is C10H10FN3S. The van der Waals surface area contributed by atoms with E-state index in [2.05, 4.69) is 22.7 Å². The molecule has 15 heavy (non-hydrogen) atoms. The molecule has 1 aromatic rings. The predicted octanol–water partition coefficient (Wildman–Crippen LogP) is 1.82. The molecule has 1 rings (SSSR count). The van der Waals surface area contributed by atoms with E-state index in [-0.39, 0.29) is 5.11 Å². The number of benzene rings is 1. The second-order valence-corrected chi connectivity index (χ2v) is 3.11. The van der Waals surface area contributed by atoms with Gasteiger partial charge in [-0.3, -0.25) is 5.43 Å². The van der Waals surface area contributed by atoms with Gasteiger partial charge in [-0.1, -0.05) is 30.3 Å². The molecule has 0 saturated heterocycles. The van der Waals surface area contributed by atoms with E-state index < -0.39 is 5.83 Å². The van der Waals surface area contributed by atoms with Gasteiger partial charge in [-0.25, -0.2) is 4.39 Å². The molecule has 0 aromatic heterocycles. The van der Waals surface area contributed by atoms with E-state index in [1.54, 1.807) is 12.1 Å². The van der Waals surface area contributed by atoms with Crippen LogP contribution in [-0.4, -0.2) is 11.3 Å². The fraction of sp³-hybridized carbons (Fsp3) is 0.